The van der Waals surface area contributed by atoms with Crippen LogP contribution in [0.1, 0.15) is 10.4 Å². The molecule has 0 amide bonds. The van der Waals surface area contributed by atoms with Crippen LogP contribution in [0, 0.1) is 5.95 Å². The van der Waals surface area contributed by atoms with Gasteiger partial charge in [0.05, 0.1) is 18.4 Å². The largest absolute Gasteiger partial charge is 0.573 e. The van der Waals surface area contributed by atoms with Gasteiger partial charge in [-0.1, -0.05) is 0 Å². The maximum atomic E-state index is 13.4. The van der Waals surface area contributed by atoms with E-state index in [0.717, 1.165) is 25.3 Å². The molecular formula is C14H9F4NO3. The number of hydrogen-bond donors (Lipinski definition) is 0. The Hall–Kier alpha value is -2.64. The van der Waals surface area contributed by atoms with Crippen LogP contribution in [0.2, 0.25) is 0 Å². The van der Waals surface area contributed by atoms with E-state index in [2.05, 4.69) is 14.5 Å². The van der Waals surface area contributed by atoms with E-state index < -0.39 is 24.0 Å². The molecule has 22 heavy (non-hydrogen) atoms. The standard InChI is InChI=1S/C14H9F4NO3/c1-21-13(20)9-6-11(19-12(15)7-9)8-2-4-10(5-3-8)22-14(16,17)18/h2-7H,1H3. The molecule has 0 saturated heterocycles. The predicted molar refractivity (Wildman–Crippen MR) is 67.7 cm³/mol. The van der Waals surface area contributed by atoms with Crippen molar-refractivity contribution in [3.63, 3.8) is 0 Å². The normalized spacial score (nSPS) is 11.1. The fourth-order valence-corrected chi connectivity index (χ4v) is 1.71. The van der Waals surface area contributed by atoms with Crippen LogP contribution in [-0.4, -0.2) is 24.4 Å². The highest BCUT2D eigenvalue weighted by Gasteiger charge is 2.31. The first kappa shape index (κ1) is 15.7. The van der Waals surface area contributed by atoms with Gasteiger partial charge in [0.15, 0.2) is 0 Å². The lowest BCUT2D eigenvalue weighted by atomic mass is 10.1. The molecule has 0 N–H and O–H groups in total. The third kappa shape index (κ3) is 3.94. The zero-order chi connectivity index (χ0) is 16.3. The molecule has 0 aliphatic rings. The molecule has 1 heterocycles. The average molecular weight is 315 g/mol. The third-order valence-corrected chi connectivity index (χ3v) is 2.60. The number of pyridine rings is 1. The number of nitrogens with zero attached hydrogens (tertiary/aromatic N) is 1. The monoisotopic (exact) mass is 315 g/mol. The van der Waals surface area contributed by atoms with Gasteiger partial charge in [-0.25, -0.2) is 9.78 Å². The minimum Gasteiger partial charge on any atom is -0.465 e. The first-order valence-electron chi connectivity index (χ1n) is 5.90. The van der Waals surface area contributed by atoms with Crippen LogP contribution in [-0.2, 0) is 4.74 Å². The summed E-state index contributed by atoms with van der Waals surface area (Å²) in [7, 11) is 1.14. The fourth-order valence-electron chi connectivity index (χ4n) is 1.71. The SMILES string of the molecule is COC(=O)c1cc(F)nc(-c2ccc(OC(F)(F)F)cc2)c1. The first-order valence-corrected chi connectivity index (χ1v) is 5.90. The first-order chi connectivity index (χ1) is 10.3. The van der Waals surface area contributed by atoms with Gasteiger partial charge < -0.3 is 9.47 Å². The molecule has 0 bridgehead atoms. The maximum absolute atomic E-state index is 13.4. The third-order valence-electron chi connectivity index (χ3n) is 2.60. The van der Waals surface area contributed by atoms with Gasteiger partial charge in [0.25, 0.3) is 0 Å². The van der Waals surface area contributed by atoms with Crippen molar-refractivity contribution in [2.45, 2.75) is 6.36 Å². The Bertz CT molecular complexity index is 683. The molecule has 1 aromatic heterocycles. The van der Waals surface area contributed by atoms with Crippen LogP contribution < -0.4 is 4.74 Å². The van der Waals surface area contributed by atoms with Gasteiger partial charge in [-0.2, -0.15) is 4.39 Å². The summed E-state index contributed by atoms with van der Waals surface area (Å²) < 4.78 is 57.8. The molecule has 0 atom stereocenters. The summed E-state index contributed by atoms with van der Waals surface area (Å²) in [6.45, 7) is 0. The summed E-state index contributed by atoms with van der Waals surface area (Å²) in [6.07, 6.45) is -4.79. The van der Waals surface area contributed by atoms with Gasteiger partial charge >= 0.3 is 12.3 Å². The molecule has 2 aromatic rings. The van der Waals surface area contributed by atoms with E-state index in [1.165, 1.54) is 18.2 Å². The van der Waals surface area contributed by atoms with E-state index in [-0.39, 0.29) is 11.3 Å². The molecule has 116 valence electrons. The number of aromatic nitrogens is 1. The molecule has 0 aliphatic heterocycles. The van der Waals surface area contributed by atoms with E-state index in [4.69, 9.17) is 0 Å². The summed E-state index contributed by atoms with van der Waals surface area (Å²) in [6, 6.07) is 6.83. The fraction of sp³-hybridized carbons (Fsp3) is 0.143. The summed E-state index contributed by atoms with van der Waals surface area (Å²) in [4.78, 5) is 15.0. The van der Waals surface area contributed by atoms with E-state index in [1.807, 2.05) is 0 Å². The van der Waals surface area contributed by atoms with Crippen molar-refractivity contribution in [3.8, 4) is 17.0 Å². The Morgan fingerprint density at radius 2 is 1.77 bits per heavy atom. The van der Waals surface area contributed by atoms with Crippen molar-refractivity contribution >= 4 is 5.97 Å². The lowest BCUT2D eigenvalue weighted by Gasteiger charge is -2.09. The molecule has 8 heteroatoms. The van der Waals surface area contributed by atoms with Gasteiger partial charge in [-0.3, -0.25) is 0 Å². The average Bonchev–Trinajstić information content (AvgIpc) is 2.45. The van der Waals surface area contributed by atoms with Crippen LogP contribution in [0.15, 0.2) is 36.4 Å². The smallest absolute Gasteiger partial charge is 0.465 e. The Balaban J connectivity index is 2.32. The minimum absolute atomic E-state index is 0.0550. The van der Waals surface area contributed by atoms with Crippen molar-refractivity contribution < 1.29 is 31.8 Å². The minimum atomic E-state index is -4.79. The Labute approximate surface area is 122 Å². The number of halogens is 4. The summed E-state index contributed by atoms with van der Waals surface area (Å²) in [5, 5.41) is 0. The van der Waals surface area contributed by atoms with Gasteiger partial charge in [-0.15, -0.1) is 13.2 Å². The number of benzene rings is 1. The Morgan fingerprint density at radius 1 is 1.14 bits per heavy atom. The summed E-state index contributed by atoms with van der Waals surface area (Å²) in [5.41, 5.74) is 0.346. The molecule has 1 aromatic carbocycles. The molecule has 0 spiro atoms. The predicted octanol–water partition coefficient (Wildman–Crippen LogP) is 3.57. The van der Waals surface area contributed by atoms with Crippen molar-refractivity contribution in [3.05, 3.63) is 47.9 Å². The Kier molecular flexibility index (Phi) is 4.30. The van der Waals surface area contributed by atoms with Crippen LogP contribution in [0.3, 0.4) is 0 Å². The second-order valence-electron chi connectivity index (χ2n) is 4.13. The summed E-state index contributed by atoms with van der Waals surface area (Å²) >= 11 is 0. The van der Waals surface area contributed by atoms with Crippen molar-refractivity contribution in [1.29, 1.82) is 0 Å². The second-order valence-corrected chi connectivity index (χ2v) is 4.13. The number of carbonyl (C=O) groups excluding carboxylic acids is 1. The zero-order valence-corrected chi connectivity index (χ0v) is 11.1. The zero-order valence-electron chi connectivity index (χ0n) is 11.1. The molecule has 0 radical (unpaired) electrons. The van der Waals surface area contributed by atoms with Crippen LogP contribution in [0.4, 0.5) is 17.6 Å². The van der Waals surface area contributed by atoms with Gasteiger partial charge in [-0.05, 0) is 30.3 Å². The number of methoxy groups -OCH3 is 1. The number of rotatable bonds is 3. The molecular weight excluding hydrogens is 306 g/mol. The number of alkyl halides is 3. The quantitative estimate of drug-likeness (QED) is 0.493. The topological polar surface area (TPSA) is 48.4 Å². The van der Waals surface area contributed by atoms with Gasteiger partial charge in [0.2, 0.25) is 5.95 Å². The van der Waals surface area contributed by atoms with E-state index >= 15 is 0 Å². The Morgan fingerprint density at radius 3 is 2.32 bits per heavy atom. The van der Waals surface area contributed by atoms with E-state index in [1.54, 1.807) is 0 Å². The number of carbonyl (C=O) groups is 1. The molecule has 4 nitrogen and oxygen atoms in total. The van der Waals surface area contributed by atoms with Crippen LogP contribution in [0.25, 0.3) is 11.3 Å². The van der Waals surface area contributed by atoms with Crippen molar-refractivity contribution in [2.75, 3.05) is 7.11 Å². The van der Waals surface area contributed by atoms with Crippen LogP contribution >= 0.6 is 0 Å². The number of hydrogen-bond acceptors (Lipinski definition) is 4. The highest BCUT2D eigenvalue weighted by Crippen LogP contribution is 2.26. The molecule has 0 fully saturated rings. The lowest BCUT2D eigenvalue weighted by Crippen LogP contribution is -2.16. The molecule has 0 unspecified atom stereocenters. The van der Waals surface area contributed by atoms with E-state index in [9.17, 15) is 22.4 Å². The summed E-state index contributed by atoms with van der Waals surface area (Å²) in [5.74, 6) is -2.08. The number of ether oxygens (including phenoxy) is 2. The molecule has 0 aliphatic carbocycles. The second kappa shape index (κ2) is 6.00. The molecule has 2 rings (SSSR count). The highest BCUT2D eigenvalue weighted by molar-refractivity contribution is 5.90. The van der Waals surface area contributed by atoms with Crippen molar-refractivity contribution in [2.24, 2.45) is 0 Å². The van der Waals surface area contributed by atoms with Gasteiger partial charge in [0, 0.05) is 11.6 Å². The van der Waals surface area contributed by atoms with Gasteiger partial charge in [0.1, 0.15) is 5.75 Å². The van der Waals surface area contributed by atoms with E-state index in [0.29, 0.717) is 5.56 Å². The highest BCUT2D eigenvalue weighted by atomic mass is 19.4. The van der Waals surface area contributed by atoms with Crippen molar-refractivity contribution in [1.82, 2.24) is 4.98 Å². The van der Waals surface area contributed by atoms with Crippen LogP contribution in [0.5, 0.6) is 5.75 Å². The lowest BCUT2D eigenvalue weighted by molar-refractivity contribution is -0.274. The molecule has 0 saturated carbocycles. The maximum Gasteiger partial charge on any atom is 0.573 e. The number of esters is 1.